The molecule has 1 amide bonds. The Labute approximate surface area is 160 Å². The average Bonchev–Trinajstić information content (AvgIpc) is 2.99. The van der Waals surface area contributed by atoms with Gasteiger partial charge in [-0.25, -0.2) is 8.42 Å². The molecule has 1 atom stereocenters. The zero-order valence-corrected chi connectivity index (χ0v) is 16.3. The monoisotopic (exact) mass is 387 g/mol. The highest BCUT2D eigenvalue weighted by Gasteiger charge is 2.26. The molecule has 1 N–H and O–H groups in total. The number of amides is 1. The largest absolute Gasteiger partial charge is 0.344 e. The number of nitrogens with one attached hydrogen (secondary N) is 1. The number of sulfonamides is 1. The summed E-state index contributed by atoms with van der Waals surface area (Å²) in [5.74, 6) is -0.318. The van der Waals surface area contributed by atoms with Crippen LogP contribution in [0.3, 0.4) is 0 Å². The molecular formula is C20H25N3O3S. The Hall–Kier alpha value is -2.25. The first-order valence-corrected chi connectivity index (χ1v) is 10.7. The van der Waals surface area contributed by atoms with Gasteiger partial charge in [-0.3, -0.25) is 9.78 Å². The molecule has 0 aliphatic carbocycles. The fourth-order valence-corrected chi connectivity index (χ4v) is 4.78. The molecule has 1 aliphatic heterocycles. The van der Waals surface area contributed by atoms with Crippen LogP contribution in [-0.4, -0.2) is 36.7 Å². The van der Waals surface area contributed by atoms with E-state index in [9.17, 15) is 13.2 Å². The maximum atomic E-state index is 12.9. The summed E-state index contributed by atoms with van der Waals surface area (Å²) in [4.78, 5) is 17.0. The number of benzene rings is 1. The van der Waals surface area contributed by atoms with E-state index in [-0.39, 0.29) is 16.8 Å². The van der Waals surface area contributed by atoms with Gasteiger partial charge < -0.3 is 5.32 Å². The van der Waals surface area contributed by atoms with Crippen LogP contribution in [0.4, 0.5) is 0 Å². The number of rotatable bonds is 5. The molecule has 27 heavy (non-hydrogen) atoms. The summed E-state index contributed by atoms with van der Waals surface area (Å²) in [7, 11) is -3.58. The van der Waals surface area contributed by atoms with Gasteiger partial charge in [-0.15, -0.1) is 0 Å². The van der Waals surface area contributed by atoms with E-state index >= 15 is 0 Å². The average molecular weight is 388 g/mol. The summed E-state index contributed by atoms with van der Waals surface area (Å²) in [6.45, 7) is 2.92. The van der Waals surface area contributed by atoms with Crippen molar-refractivity contribution >= 4 is 15.9 Å². The Morgan fingerprint density at radius 1 is 1.07 bits per heavy atom. The lowest BCUT2D eigenvalue weighted by Crippen LogP contribution is -2.32. The third-order valence-corrected chi connectivity index (χ3v) is 6.67. The molecular weight excluding hydrogens is 362 g/mol. The zero-order chi connectivity index (χ0) is 19.3. The first kappa shape index (κ1) is 19.5. The summed E-state index contributed by atoms with van der Waals surface area (Å²) in [5.41, 5.74) is 1.08. The summed E-state index contributed by atoms with van der Waals surface area (Å²) >= 11 is 0. The molecule has 0 bridgehead atoms. The first-order chi connectivity index (χ1) is 13.0. The van der Waals surface area contributed by atoms with E-state index < -0.39 is 10.0 Å². The van der Waals surface area contributed by atoms with Crippen LogP contribution in [0.5, 0.6) is 0 Å². The molecule has 2 heterocycles. The Morgan fingerprint density at radius 2 is 1.81 bits per heavy atom. The second-order valence-electron chi connectivity index (χ2n) is 6.80. The van der Waals surface area contributed by atoms with Crippen LogP contribution in [0.2, 0.25) is 0 Å². The van der Waals surface area contributed by atoms with E-state index in [2.05, 4.69) is 10.3 Å². The van der Waals surface area contributed by atoms with Gasteiger partial charge in [0.2, 0.25) is 10.0 Å². The number of hydrogen-bond donors (Lipinski definition) is 1. The van der Waals surface area contributed by atoms with Gasteiger partial charge in [-0.2, -0.15) is 4.31 Å². The van der Waals surface area contributed by atoms with E-state index in [0.29, 0.717) is 18.7 Å². The number of nitrogens with zero attached hydrogens (tertiary/aromatic N) is 2. The summed E-state index contributed by atoms with van der Waals surface area (Å²) < 4.78 is 27.4. The second-order valence-corrected chi connectivity index (χ2v) is 8.73. The highest BCUT2D eigenvalue weighted by molar-refractivity contribution is 7.89. The minimum atomic E-state index is -3.58. The molecule has 0 radical (unpaired) electrons. The first-order valence-electron chi connectivity index (χ1n) is 9.30. The minimum Gasteiger partial charge on any atom is -0.344 e. The molecule has 0 spiro atoms. The number of aromatic nitrogens is 1. The van der Waals surface area contributed by atoms with Gasteiger partial charge in [0.15, 0.2) is 0 Å². The lowest BCUT2D eigenvalue weighted by atomic mass is 10.1. The molecule has 6 nitrogen and oxygen atoms in total. The van der Waals surface area contributed by atoms with Gasteiger partial charge in [0.1, 0.15) is 0 Å². The van der Waals surface area contributed by atoms with E-state index in [1.807, 2.05) is 25.1 Å². The Balaban J connectivity index is 1.77. The number of carbonyl (C=O) groups is 1. The molecule has 7 heteroatoms. The van der Waals surface area contributed by atoms with Gasteiger partial charge in [0, 0.05) is 24.8 Å². The third kappa shape index (κ3) is 4.73. The lowest BCUT2D eigenvalue weighted by molar-refractivity contribution is 0.0939. The predicted molar refractivity (Wildman–Crippen MR) is 104 cm³/mol. The van der Waals surface area contributed by atoms with E-state index in [4.69, 9.17) is 0 Å². The fraction of sp³-hybridized carbons (Fsp3) is 0.400. The predicted octanol–water partition coefficient (Wildman–Crippen LogP) is 3.14. The molecule has 3 rings (SSSR count). The highest BCUT2D eigenvalue weighted by atomic mass is 32.2. The van der Waals surface area contributed by atoms with Crippen LogP contribution in [0.25, 0.3) is 0 Å². The topological polar surface area (TPSA) is 79.4 Å². The Kier molecular flexibility index (Phi) is 6.23. The van der Waals surface area contributed by atoms with Crippen molar-refractivity contribution in [1.82, 2.24) is 14.6 Å². The third-order valence-electron chi connectivity index (χ3n) is 4.78. The van der Waals surface area contributed by atoms with Crippen molar-refractivity contribution in [3.05, 3.63) is 59.9 Å². The standard InChI is InChI=1S/C20H25N3O3S/c1-16(19-11-4-5-12-21-19)22-20(24)17-9-8-10-18(15-17)27(25,26)23-13-6-2-3-7-14-23/h4-5,8-12,15-16H,2-3,6-7,13-14H2,1H3,(H,22,24). The number of pyridine rings is 1. The van der Waals surface area contributed by atoms with Crippen molar-refractivity contribution in [3.8, 4) is 0 Å². The molecule has 144 valence electrons. The van der Waals surface area contributed by atoms with Gasteiger partial charge >= 0.3 is 0 Å². The smallest absolute Gasteiger partial charge is 0.251 e. The minimum absolute atomic E-state index is 0.169. The quantitative estimate of drug-likeness (QED) is 0.855. The van der Waals surface area contributed by atoms with Crippen LogP contribution in [0.15, 0.2) is 53.6 Å². The van der Waals surface area contributed by atoms with Gasteiger partial charge in [-0.1, -0.05) is 25.0 Å². The van der Waals surface area contributed by atoms with E-state index in [0.717, 1.165) is 31.4 Å². The zero-order valence-electron chi connectivity index (χ0n) is 15.5. The fourth-order valence-electron chi connectivity index (χ4n) is 3.21. The molecule has 2 aromatic rings. The van der Waals surface area contributed by atoms with Crippen molar-refractivity contribution in [1.29, 1.82) is 0 Å². The lowest BCUT2D eigenvalue weighted by Gasteiger charge is -2.20. The molecule has 1 fully saturated rings. The summed E-state index contributed by atoms with van der Waals surface area (Å²) in [5, 5.41) is 2.87. The molecule has 1 aliphatic rings. The van der Waals surface area contributed by atoms with Gasteiger partial charge in [0.05, 0.1) is 16.6 Å². The van der Waals surface area contributed by atoms with Crippen LogP contribution in [-0.2, 0) is 10.0 Å². The van der Waals surface area contributed by atoms with Crippen molar-refractivity contribution < 1.29 is 13.2 Å². The maximum absolute atomic E-state index is 12.9. The Bertz CT molecular complexity index is 876. The normalized spacial score (nSPS) is 17.1. The molecule has 0 saturated carbocycles. The molecule has 1 aromatic heterocycles. The van der Waals surface area contributed by atoms with E-state index in [1.165, 1.54) is 10.4 Å². The highest BCUT2D eigenvalue weighted by Crippen LogP contribution is 2.21. The van der Waals surface area contributed by atoms with Gasteiger partial charge in [0.25, 0.3) is 5.91 Å². The van der Waals surface area contributed by atoms with Crippen molar-refractivity contribution in [2.45, 2.75) is 43.5 Å². The Morgan fingerprint density at radius 3 is 2.48 bits per heavy atom. The second kappa shape index (κ2) is 8.63. The maximum Gasteiger partial charge on any atom is 0.251 e. The van der Waals surface area contributed by atoms with Crippen molar-refractivity contribution in [3.63, 3.8) is 0 Å². The molecule has 1 saturated heterocycles. The molecule has 1 aromatic carbocycles. The number of hydrogen-bond acceptors (Lipinski definition) is 4. The summed E-state index contributed by atoms with van der Waals surface area (Å²) in [6.07, 6.45) is 5.54. The van der Waals surface area contributed by atoms with Gasteiger partial charge in [-0.05, 0) is 50.1 Å². The van der Waals surface area contributed by atoms with E-state index in [1.54, 1.807) is 24.4 Å². The summed E-state index contributed by atoms with van der Waals surface area (Å²) in [6, 6.07) is 11.5. The van der Waals surface area contributed by atoms with Crippen molar-refractivity contribution in [2.75, 3.05) is 13.1 Å². The van der Waals surface area contributed by atoms with Crippen LogP contribution >= 0.6 is 0 Å². The van der Waals surface area contributed by atoms with Crippen LogP contribution in [0.1, 0.15) is 54.7 Å². The number of carbonyl (C=O) groups excluding carboxylic acids is 1. The SMILES string of the molecule is CC(NC(=O)c1cccc(S(=O)(=O)N2CCCCCC2)c1)c1ccccn1. The van der Waals surface area contributed by atoms with Crippen LogP contribution in [0, 0.1) is 0 Å². The van der Waals surface area contributed by atoms with Crippen LogP contribution < -0.4 is 5.32 Å². The van der Waals surface area contributed by atoms with Crippen molar-refractivity contribution in [2.24, 2.45) is 0 Å². The molecule has 1 unspecified atom stereocenters.